The van der Waals surface area contributed by atoms with Crippen molar-refractivity contribution in [3.05, 3.63) is 80.1 Å². The van der Waals surface area contributed by atoms with Gasteiger partial charge in [0.25, 0.3) is 5.91 Å². The third kappa shape index (κ3) is 4.27. The second-order valence-electron chi connectivity index (χ2n) is 7.96. The van der Waals surface area contributed by atoms with Gasteiger partial charge in [0.15, 0.2) is 5.69 Å². The van der Waals surface area contributed by atoms with Crippen LogP contribution in [-0.4, -0.2) is 27.2 Å². The highest BCUT2D eigenvalue weighted by molar-refractivity contribution is 7.11. The standard InChI is InChI=1S/C24H22ClFN4OS/c25-17-10-9-15(13-18(17)26)14-30-20-7-3-1-5-16(20)23(29-30)24(31)27-12-11-22-28-19-6-2-4-8-21(19)32-22/h1,3,5,7,9-10,13H,2,4,6,8,11-12,14H2,(H,27,31). The highest BCUT2D eigenvalue weighted by Gasteiger charge is 2.18. The van der Waals surface area contributed by atoms with Gasteiger partial charge in [0.1, 0.15) is 5.82 Å². The maximum Gasteiger partial charge on any atom is 0.272 e. The lowest BCUT2D eigenvalue weighted by molar-refractivity contribution is 0.0950. The molecular weight excluding hydrogens is 447 g/mol. The molecule has 0 bridgehead atoms. The van der Waals surface area contributed by atoms with Crippen LogP contribution in [0.1, 0.15) is 44.5 Å². The molecule has 5 rings (SSSR count). The first kappa shape index (κ1) is 21.1. The van der Waals surface area contributed by atoms with Crippen LogP contribution in [0.5, 0.6) is 0 Å². The van der Waals surface area contributed by atoms with Crippen LogP contribution in [0.3, 0.4) is 0 Å². The van der Waals surface area contributed by atoms with Gasteiger partial charge in [-0.15, -0.1) is 11.3 Å². The first-order valence-electron chi connectivity index (χ1n) is 10.7. The number of nitrogens with zero attached hydrogens (tertiary/aromatic N) is 3. The van der Waals surface area contributed by atoms with Crippen LogP contribution in [0.15, 0.2) is 42.5 Å². The summed E-state index contributed by atoms with van der Waals surface area (Å²) in [5.74, 6) is -0.689. The molecular formula is C24H22ClFN4OS. The molecule has 5 nitrogen and oxygen atoms in total. The molecule has 0 spiro atoms. The second-order valence-corrected chi connectivity index (χ2v) is 9.54. The highest BCUT2D eigenvalue weighted by atomic mass is 35.5. The van der Waals surface area contributed by atoms with E-state index in [0.29, 0.717) is 25.2 Å². The van der Waals surface area contributed by atoms with Gasteiger partial charge < -0.3 is 5.32 Å². The molecule has 2 heterocycles. The summed E-state index contributed by atoms with van der Waals surface area (Å²) in [6, 6.07) is 12.3. The first-order chi connectivity index (χ1) is 15.6. The largest absolute Gasteiger partial charge is 0.350 e. The van der Waals surface area contributed by atoms with E-state index in [1.165, 1.54) is 35.5 Å². The summed E-state index contributed by atoms with van der Waals surface area (Å²) in [7, 11) is 0. The maximum absolute atomic E-state index is 13.9. The van der Waals surface area contributed by atoms with E-state index in [2.05, 4.69) is 10.4 Å². The Balaban J connectivity index is 1.31. The Morgan fingerprint density at radius 2 is 2.03 bits per heavy atom. The Morgan fingerprint density at radius 3 is 2.88 bits per heavy atom. The lowest BCUT2D eigenvalue weighted by Crippen LogP contribution is -2.26. The van der Waals surface area contributed by atoms with Crippen LogP contribution in [0.2, 0.25) is 5.02 Å². The molecule has 2 aromatic heterocycles. The number of thiazole rings is 1. The van der Waals surface area contributed by atoms with E-state index < -0.39 is 5.82 Å². The van der Waals surface area contributed by atoms with Crippen LogP contribution in [-0.2, 0) is 25.8 Å². The average Bonchev–Trinajstić information content (AvgIpc) is 3.38. The number of hydrogen-bond acceptors (Lipinski definition) is 4. The fourth-order valence-corrected chi connectivity index (χ4v) is 5.38. The molecule has 2 aromatic carbocycles. The number of para-hydroxylation sites is 1. The van der Waals surface area contributed by atoms with Crippen molar-refractivity contribution in [3.63, 3.8) is 0 Å². The smallest absolute Gasteiger partial charge is 0.272 e. The minimum atomic E-state index is -0.470. The van der Waals surface area contributed by atoms with Crippen molar-refractivity contribution in [2.24, 2.45) is 0 Å². The van der Waals surface area contributed by atoms with Gasteiger partial charge in [0.05, 0.1) is 27.8 Å². The average molecular weight is 469 g/mol. The van der Waals surface area contributed by atoms with E-state index in [9.17, 15) is 9.18 Å². The summed E-state index contributed by atoms with van der Waals surface area (Å²) in [5, 5.41) is 9.47. The Morgan fingerprint density at radius 1 is 1.19 bits per heavy atom. The van der Waals surface area contributed by atoms with Gasteiger partial charge >= 0.3 is 0 Å². The van der Waals surface area contributed by atoms with Gasteiger partial charge in [0.2, 0.25) is 0 Å². The normalized spacial score (nSPS) is 13.3. The highest BCUT2D eigenvalue weighted by Crippen LogP contribution is 2.27. The zero-order valence-corrected chi connectivity index (χ0v) is 19.0. The zero-order chi connectivity index (χ0) is 22.1. The van der Waals surface area contributed by atoms with E-state index in [1.54, 1.807) is 22.1 Å². The molecule has 0 aliphatic heterocycles. The predicted molar refractivity (Wildman–Crippen MR) is 125 cm³/mol. The lowest BCUT2D eigenvalue weighted by atomic mass is 10.0. The fraction of sp³-hybridized carbons (Fsp3) is 0.292. The quantitative estimate of drug-likeness (QED) is 0.424. The molecule has 1 amide bonds. The summed E-state index contributed by atoms with van der Waals surface area (Å²) < 4.78 is 15.6. The molecule has 32 heavy (non-hydrogen) atoms. The maximum atomic E-state index is 13.9. The van der Waals surface area contributed by atoms with Crippen LogP contribution >= 0.6 is 22.9 Å². The van der Waals surface area contributed by atoms with Crippen molar-refractivity contribution < 1.29 is 9.18 Å². The van der Waals surface area contributed by atoms with Crippen LogP contribution in [0.4, 0.5) is 4.39 Å². The van der Waals surface area contributed by atoms with Gasteiger partial charge in [-0.25, -0.2) is 9.37 Å². The second kappa shape index (κ2) is 9.00. The number of carbonyl (C=O) groups is 1. The van der Waals surface area contributed by atoms with Gasteiger partial charge in [-0.2, -0.15) is 5.10 Å². The zero-order valence-electron chi connectivity index (χ0n) is 17.4. The molecule has 0 atom stereocenters. The Kier molecular flexibility index (Phi) is 5.93. The van der Waals surface area contributed by atoms with Crippen molar-refractivity contribution in [1.82, 2.24) is 20.1 Å². The van der Waals surface area contributed by atoms with E-state index in [-0.39, 0.29) is 10.9 Å². The van der Waals surface area contributed by atoms with Crippen molar-refractivity contribution in [1.29, 1.82) is 0 Å². The van der Waals surface area contributed by atoms with Crippen LogP contribution < -0.4 is 5.32 Å². The number of hydrogen-bond donors (Lipinski definition) is 1. The van der Waals surface area contributed by atoms with E-state index in [0.717, 1.165) is 34.3 Å². The van der Waals surface area contributed by atoms with Crippen molar-refractivity contribution in [3.8, 4) is 0 Å². The minimum absolute atomic E-state index is 0.0835. The molecule has 0 saturated carbocycles. The van der Waals surface area contributed by atoms with Gasteiger partial charge in [-0.3, -0.25) is 9.48 Å². The van der Waals surface area contributed by atoms with Gasteiger partial charge in [-0.05, 0) is 49.4 Å². The summed E-state index contributed by atoms with van der Waals surface area (Å²) >= 11 is 7.56. The lowest BCUT2D eigenvalue weighted by Gasteiger charge is -2.06. The minimum Gasteiger partial charge on any atom is -0.350 e. The number of aromatic nitrogens is 3. The van der Waals surface area contributed by atoms with Gasteiger partial charge in [0, 0.05) is 23.2 Å². The molecule has 0 fully saturated rings. The Labute approximate surface area is 194 Å². The number of carbonyl (C=O) groups excluding carboxylic acids is 1. The summed E-state index contributed by atoms with van der Waals surface area (Å²) in [6.45, 7) is 0.849. The number of amides is 1. The molecule has 0 radical (unpaired) electrons. The van der Waals surface area contributed by atoms with Crippen molar-refractivity contribution in [2.45, 2.75) is 38.6 Å². The van der Waals surface area contributed by atoms with E-state index in [4.69, 9.17) is 16.6 Å². The molecule has 1 N–H and O–H groups in total. The summed E-state index contributed by atoms with van der Waals surface area (Å²) in [6.07, 6.45) is 5.36. The number of nitrogens with one attached hydrogen (secondary N) is 1. The molecule has 0 saturated heterocycles. The summed E-state index contributed by atoms with van der Waals surface area (Å²) in [4.78, 5) is 19.1. The SMILES string of the molecule is O=C(NCCc1nc2c(s1)CCCC2)c1nn(Cc2ccc(Cl)c(F)c2)c2ccccc12. The predicted octanol–water partition coefficient (Wildman–Crippen LogP) is 5.18. The third-order valence-corrected chi connectivity index (χ3v) is 7.23. The number of halogens is 2. The van der Waals surface area contributed by atoms with Gasteiger partial charge in [-0.1, -0.05) is 35.9 Å². The fourth-order valence-electron chi connectivity index (χ4n) is 4.11. The Hall–Kier alpha value is -2.77. The number of fused-ring (bicyclic) bond motifs is 2. The molecule has 0 unspecified atom stereocenters. The number of aryl methyl sites for hydroxylation is 2. The van der Waals surface area contributed by atoms with E-state index in [1.807, 2.05) is 24.3 Å². The monoisotopic (exact) mass is 468 g/mol. The van der Waals surface area contributed by atoms with Crippen molar-refractivity contribution in [2.75, 3.05) is 6.54 Å². The molecule has 8 heteroatoms. The van der Waals surface area contributed by atoms with E-state index >= 15 is 0 Å². The van der Waals surface area contributed by atoms with Crippen molar-refractivity contribution >= 4 is 39.7 Å². The summed E-state index contributed by atoms with van der Waals surface area (Å²) in [5.41, 5.74) is 3.15. The Bertz CT molecular complexity index is 1280. The number of rotatable bonds is 6. The molecule has 4 aromatic rings. The molecule has 1 aliphatic rings. The molecule has 1 aliphatic carbocycles. The molecule has 164 valence electrons. The van der Waals surface area contributed by atoms with Crippen LogP contribution in [0.25, 0.3) is 10.9 Å². The number of benzene rings is 2. The first-order valence-corrected chi connectivity index (χ1v) is 11.9. The van der Waals surface area contributed by atoms with Crippen LogP contribution in [0, 0.1) is 5.82 Å². The topological polar surface area (TPSA) is 59.8 Å². The third-order valence-electron chi connectivity index (χ3n) is 5.70.